The van der Waals surface area contributed by atoms with Crippen LogP contribution in [0.25, 0.3) is 0 Å². The smallest absolute Gasteiger partial charge is 0.339 e. The highest BCUT2D eigenvalue weighted by Gasteiger charge is 2.50. The molecule has 1 aliphatic heterocycles. The first-order valence-electron chi connectivity index (χ1n) is 10.0. The number of benzene rings is 1. The summed E-state index contributed by atoms with van der Waals surface area (Å²) in [4.78, 5) is 23.3. The largest absolute Gasteiger partial charge is 0.465 e. The Balaban J connectivity index is 1.66. The molecule has 2 atom stereocenters. The second-order valence-electron chi connectivity index (χ2n) is 9.46. The number of anilines is 4. The number of hydrogen-bond acceptors (Lipinski definition) is 7. The first kappa shape index (κ1) is 19.5. The molecule has 7 heteroatoms. The van der Waals surface area contributed by atoms with E-state index in [1.165, 1.54) is 19.9 Å². The van der Waals surface area contributed by atoms with Gasteiger partial charge in [-0.1, -0.05) is 32.9 Å². The van der Waals surface area contributed by atoms with Gasteiger partial charge in [-0.3, -0.25) is 0 Å². The average molecular weight is 396 g/mol. The molecule has 0 radical (unpaired) electrons. The van der Waals surface area contributed by atoms with Gasteiger partial charge in [-0.05, 0) is 42.2 Å². The van der Waals surface area contributed by atoms with Crippen molar-refractivity contribution >= 4 is 29.0 Å². The molecule has 2 heterocycles. The van der Waals surface area contributed by atoms with Crippen molar-refractivity contribution in [3.8, 4) is 0 Å². The molecule has 1 aromatic heterocycles. The fourth-order valence-corrected chi connectivity index (χ4v) is 5.43. The molecule has 1 saturated carbocycles. The minimum Gasteiger partial charge on any atom is -0.465 e. The number of fused-ring (bicyclic) bond motifs is 2. The summed E-state index contributed by atoms with van der Waals surface area (Å²) in [7, 11) is 1.36. The molecule has 2 unspecified atom stereocenters. The topological polar surface area (TPSA) is 93.4 Å². The number of nitrogen functional groups attached to an aromatic ring is 1. The zero-order valence-electron chi connectivity index (χ0n) is 17.5. The van der Waals surface area contributed by atoms with Gasteiger partial charge in [0.25, 0.3) is 0 Å². The molecular weight excluding hydrogens is 366 g/mol. The highest BCUT2D eigenvalue weighted by molar-refractivity contribution is 5.97. The van der Waals surface area contributed by atoms with E-state index >= 15 is 0 Å². The van der Waals surface area contributed by atoms with Crippen LogP contribution in [0.3, 0.4) is 0 Å². The molecule has 29 heavy (non-hydrogen) atoms. The third kappa shape index (κ3) is 3.61. The number of rotatable bonds is 4. The predicted octanol–water partition coefficient (Wildman–Crippen LogP) is 3.99. The van der Waals surface area contributed by atoms with Gasteiger partial charge in [-0.25, -0.2) is 14.8 Å². The number of nitrogens with one attached hydrogen (secondary N) is 1. The molecule has 4 rings (SSSR count). The average Bonchev–Trinajstić information content (AvgIpc) is 2.91. The highest BCUT2D eigenvalue weighted by Crippen LogP contribution is 2.54. The molecule has 1 saturated heterocycles. The van der Waals surface area contributed by atoms with E-state index in [2.05, 4.69) is 41.0 Å². The van der Waals surface area contributed by atoms with Crippen LogP contribution in [0.1, 0.15) is 50.4 Å². The molecule has 2 aromatic rings. The molecule has 2 fully saturated rings. The summed E-state index contributed by atoms with van der Waals surface area (Å²) in [6.07, 6.45) is 5.02. The number of hydrogen-bond donors (Lipinski definition) is 2. The van der Waals surface area contributed by atoms with Gasteiger partial charge < -0.3 is 20.7 Å². The summed E-state index contributed by atoms with van der Waals surface area (Å²) >= 11 is 0. The van der Waals surface area contributed by atoms with E-state index in [9.17, 15) is 4.79 Å². The SMILES string of the molecule is COC(=O)c1ccccc1Nc1ncnc(N2CC3(C)CC2CC(C)(C)C3)c1N. The molecule has 1 aromatic carbocycles. The molecule has 1 aliphatic carbocycles. The van der Waals surface area contributed by atoms with E-state index in [1.54, 1.807) is 18.2 Å². The van der Waals surface area contributed by atoms with E-state index in [0.29, 0.717) is 34.2 Å². The van der Waals surface area contributed by atoms with Gasteiger partial charge in [-0.15, -0.1) is 0 Å². The molecule has 3 N–H and O–H groups in total. The molecule has 2 bridgehead atoms. The second-order valence-corrected chi connectivity index (χ2v) is 9.46. The summed E-state index contributed by atoms with van der Waals surface area (Å²) in [5.74, 6) is 0.853. The zero-order valence-corrected chi connectivity index (χ0v) is 17.5. The number of ether oxygens (including phenoxy) is 1. The van der Waals surface area contributed by atoms with Crippen LogP contribution in [0.15, 0.2) is 30.6 Å². The zero-order chi connectivity index (χ0) is 20.8. The van der Waals surface area contributed by atoms with Crippen LogP contribution in [0.4, 0.5) is 23.0 Å². The quantitative estimate of drug-likeness (QED) is 0.756. The van der Waals surface area contributed by atoms with Crippen LogP contribution in [-0.2, 0) is 4.74 Å². The molecular formula is C22H29N5O2. The number of carbonyl (C=O) groups excluding carboxylic acids is 1. The molecule has 154 valence electrons. The summed E-state index contributed by atoms with van der Waals surface area (Å²) in [6, 6.07) is 7.58. The monoisotopic (exact) mass is 395 g/mol. The number of nitrogens with two attached hydrogens (primary N) is 1. The Morgan fingerprint density at radius 3 is 2.76 bits per heavy atom. The summed E-state index contributed by atoms with van der Waals surface area (Å²) in [5.41, 5.74) is 8.64. The third-order valence-corrected chi connectivity index (χ3v) is 6.14. The standard InChI is InChI=1S/C22H29N5O2/c1-21(2)9-14-10-22(3,11-21)12-27(14)19-17(23)18(24-13-25-19)26-16-8-6-5-7-15(16)20(28)29-4/h5-8,13-14H,9-12,23H2,1-4H3,(H,24,25,26). The number of para-hydroxylation sites is 1. The lowest BCUT2D eigenvalue weighted by atomic mass is 9.65. The van der Waals surface area contributed by atoms with E-state index in [0.717, 1.165) is 25.2 Å². The Hall–Kier alpha value is -2.83. The number of nitrogens with zero attached hydrogens (tertiary/aromatic N) is 3. The van der Waals surface area contributed by atoms with Crippen LogP contribution < -0.4 is 16.0 Å². The Labute approximate surface area is 171 Å². The number of methoxy groups -OCH3 is 1. The van der Waals surface area contributed by atoms with Gasteiger partial charge in [0.05, 0.1) is 18.4 Å². The van der Waals surface area contributed by atoms with Gasteiger partial charge in [0.1, 0.15) is 12.0 Å². The van der Waals surface area contributed by atoms with Gasteiger partial charge in [-0.2, -0.15) is 0 Å². The van der Waals surface area contributed by atoms with Crippen molar-refractivity contribution in [1.82, 2.24) is 9.97 Å². The Morgan fingerprint density at radius 2 is 2.00 bits per heavy atom. The maximum atomic E-state index is 12.1. The van der Waals surface area contributed by atoms with E-state index in [4.69, 9.17) is 10.5 Å². The van der Waals surface area contributed by atoms with Crippen LogP contribution in [0.2, 0.25) is 0 Å². The normalized spacial score (nSPS) is 25.0. The van der Waals surface area contributed by atoms with Crippen molar-refractivity contribution in [2.75, 3.05) is 29.6 Å². The summed E-state index contributed by atoms with van der Waals surface area (Å²) in [6.45, 7) is 8.01. The Morgan fingerprint density at radius 1 is 1.24 bits per heavy atom. The maximum absolute atomic E-state index is 12.1. The van der Waals surface area contributed by atoms with Gasteiger partial charge in [0.15, 0.2) is 11.6 Å². The third-order valence-electron chi connectivity index (χ3n) is 6.14. The lowest BCUT2D eigenvalue weighted by Gasteiger charge is -2.39. The van der Waals surface area contributed by atoms with Crippen LogP contribution in [0.5, 0.6) is 0 Å². The van der Waals surface area contributed by atoms with Crippen molar-refractivity contribution in [1.29, 1.82) is 0 Å². The molecule has 0 spiro atoms. The van der Waals surface area contributed by atoms with E-state index < -0.39 is 5.97 Å². The number of esters is 1. The van der Waals surface area contributed by atoms with E-state index in [-0.39, 0.29) is 5.41 Å². The van der Waals surface area contributed by atoms with Crippen molar-refractivity contribution < 1.29 is 9.53 Å². The molecule has 7 nitrogen and oxygen atoms in total. The number of carbonyl (C=O) groups is 1. The lowest BCUT2D eigenvalue weighted by molar-refractivity contribution is 0.0602. The predicted molar refractivity (Wildman–Crippen MR) is 114 cm³/mol. The van der Waals surface area contributed by atoms with Crippen molar-refractivity contribution in [2.45, 2.75) is 46.1 Å². The van der Waals surface area contributed by atoms with Gasteiger partial charge >= 0.3 is 5.97 Å². The highest BCUT2D eigenvalue weighted by atomic mass is 16.5. The van der Waals surface area contributed by atoms with Crippen LogP contribution in [0, 0.1) is 10.8 Å². The minimum atomic E-state index is -0.413. The molecule has 0 amide bonds. The van der Waals surface area contributed by atoms with Gasteiger partial charge in [0.2, 0.25) is 0 Å². The molecule has 2 aliphatic rings. The Bertz CT molecular complexity index is 945. The van der Waals surface area contributed by atoms with E-state index in [1.807, 2.05) is 6.07 Å². The first-order valence-corrected chi connectivity index (χ1v) is 10.0. The summed E-state index contributed by atoms with van der Waals surface area (Å²) < 4.78 is 4.88. The fourth-order valence-electron chi connectivity index (χ4n) is 5.43. The van der Waals surface area contributed by atoms with Crippen molar-refractivity contribution in [3.05, 3.63) is 36.2 Å². The first-order chi connectivity index (χ1) is 13.7. The maximum Gasteiger partial charge on any atom is 0.339 e. The van der Waals surface area contributed by atoms with Crippen molar-refractivity contribution in [2.24, 2.45) is 10.8 Å². The fraction of sp³-hybridized carbons (Fsp3) is 0.500. The van der Waals surface area contributed by atoms with Crippen LogP contribution in [-0.4, -0.2) is 35.6 Å². The summed E-state index contributed by atoms with van der Waals surface area (Å²) in [5, 5.41) is 3.20. The van der Waals surface area contributed by atoms with Crippen LogP contribution >= 0.6 is 0 Å². The second kappa shape index (κ2) is 6.90. The van der Waals surface area contributed by atoms with Gasteiger partial charge in [0, 0.05) is 12.6 Å². The van der Waals surface area contributed by atoms with Crippen molar-refractivity contribution in [3.63, 3.8) is 0 Å². The number of aromatic nitrogens is 2. The minimum absolute atomic E-state index is 0.273. The Kier molecular flexibility index (Phi) is 4.63. The lowest BCUT2D eigenvalue weighted by Crippen LogP contribution is -2.35.